The SMILES string of the molecule is CC(C)n1cc(Br)cc1C(=O)NC1(C)CCNC1. The van der Waals surface area contributed by atoms with Crippen molar-refractivity contribution in [1.82, 2.24) is 15.2 Å². The highest BCUT2D eigenvalue weighted by Crippen LogP contribution is 2.21. The number of hydrogen-bond donors (Lipinski definition) is 2. The van der Waals surface area contributed by atoms with Gasteiger partial charge in [-0.25, -0.2) is 0 Å². The van der Waals surface area contributed by atoms with Crippen molar-refractivity contribution in [2.24, 2.45) is 0 Å². The molecule has 1 aromatic heterocycles. The van der Waals surface area contributed by atoms with E-state index in [0.29, 0.717) is 5.69 Å². The summed E-state index contributed by atoms with van der Waals surface area (Å²) < 4.78 is 2.93. The van der Waals surface area contributed by atoms with Gasteiger partial charge in [0.15, 0.2) is 0 Å². The van der Waals surface area contributed by atoms with Crippen molar-refractivity contribution in [2.75, 3.05) is 13.1 Å². The molecule has 1 unspecified atom stereocenters. The molecular weight excluding hydrogens is 294 g/mol. The molecule has 0 radical (unpaired) electrons. The first-order valence-corrected chi connectivity index (χ1v) is 7.11. The van der Waals surface area contributed by atoms with Crippen molar-refractivity contribution >= 4 is 21.8 Å². The van der Waals surface area contributed by atoms with Crippen LogP contribution in [0.15, 0.2) is 16.7 Å². The molecule has 2 heterocycles. The third kappa shape index (κ3) is 2.78. The van der Waals surface area contributed by atoms with Crippen LogP contribution in [0.3, 0.4) is 0 Å². The maximum atomic E-state index is 12.4. The molecule has 0 aliphatic carbocycles. The molecule has 5 heteroatoms. The Kier molecular flexibility index (Phi) is 3.82. The van der Waals surface area contributed by atoms with Crippen LogP contribution in [-0.4, -0.2) is 29.1 Å². The number of rotatable bonds is 3. The summed E-state index contributed by atoms with van der Waals surface area (Å²) in [5.74, 6) is 0.000556. The summed E-state index contributed by atoms with van der Waals surface area (Å²) >= 11 is 3.43. The topological polar surface area (TPSA) is 46.1 Å². The van der Waals surface area contributed by atoms with Gasteiger partial charge in [0, 0.05) is 23.3 Å². The molecule has 1 saturated heterocycles. The maximum Gasteiger partial charge on any atom is 0.268 e. The first-order valence-electron chi connectivity index (χ1n) is 6.32. The van der Waals surface area contributed by atoms with Gasteiger partial charge in [0.25, 0.3) is 5.91 Å². The van der Waals surface area contributed by atoms with E-state index in [2.05, 4.69) is 47.3 Å². The van der Waals surface area contributed by atoms with Gasteiger partial charge in [-0.3, -0.25) is 4.79 Å². The van der Waals surface area contributed by atoms with Crippen LogP contribution in [0.25, 0.3) is 0 Å². The fraction of sp³-hybridized carbons (Fsp3) is 0.615. The predicted molar refractivity (Wildman–Crippen MR) is 75.9 cm³/mol. The van der Waals surface area contributed by atoms with E-state index in [1.165, 1.54) is 0 Å². The quantitative estimate of drug-likeness (QED) is 0.899. The van der Waals surface area contributed by atoms with Crippen molar-refractivity contribution in [3.05, 3.63) is 22.4 Å². The summed E-state index contributed by atoms with van der Waals surface area (Å²) in [6.07, 6.45) is 2.93. The molecule has 0 bridgehead atoms. The summed E-state index contributed by atoms with van der Waals surface area (Å²) in [5.41, 5.74) is 0.584. The zero-order valence-corrected chi connectivity index (χ0v) is 12.7. The minimum Gasteiger partial charge on any atom is -0.344 e. The number of nitrogens with zero attached hydrogens (tertiary/aromatic N) is 1. The predicted octanol–water partition coefficient (Wildman–Crippen LogP) is 2.31. The zero-order chi connectivity index (χ0) is 13.3. The van der Waals surface area contributed by atoms with Crippen LogP contribution in [0.5, 0.6) is 0 Å². The number of hydrogen-bond acceptors (Lipinski definition) is 2. The van der Waals surface area contributed by atoms with E-state index in [1.807, 2.05) is 16.8 Å². The second-order valence-electron chi connectivity index (χ2n) is 5.49. The summed E-state index contributed by atoms with van der Waals surface area (Å²) in [7, 11) is 0. The number of carbonyl (C=O) groups is 1. The lowest BCUT2D eigenvalue weighted by Gasteiger charge is -2.25. The monoisotopic (exact) mass is 313 g/mol. The van der Waals surface area contributed by atoms with Crippen molar-refractivity contribution in [3.63, 3.8) is 0 Å². The van der Waals surface area contributed by atoms with Gasteiger partial charge in [-0.05, 0) is 55.7 Å². The number of nitrogens with one attached hydrogen (secondary N) is 2. The van der Waals surface area contributed by atoms with Gasteiger partial charge in [-0.15, -0.1) is 0 Å². The van der Waals surface area contributed by atoms with Gasteiger partial charge < -0.3 is 15.2 Å². The molecule has 0 spiro atoms. The largest absolute Gasteiger partial charge is 0.344 e. The molecule has 1 aliphatic heterocycles. The molecule has 1 fully saturated rings. The first kappa shape index (κ1) is 13.6. The summed E-state index contributed by atoms with van der Waals surface area (Å²) in [6, 6.07) is 2.15. The molecular formula is C13H20BrN3O. The van der Waals surface area contributed by atoms with Gasteiger partial charge in [0.05, 0.1) is 5.54 Å². The minimum atomic E-state index is -0.129. The highest BCUT2D eigenvalue weighted by atomic mass is 79.9. The Labute approximate surface area is 116 Å². The zero-order valence-electron chi connectivity index (χ0n) is 11.1. The van der Waals surface area contributed by atoms with Crippen LogP contribution >= 0.6 is 15.9 Å². The molecule has 100 valence electrons. The molecule has 18 heavy (non-hydrogen) atoms. The fourth-order valence-corrected chi connectivity index (χ4v) is 2.75. The van der Waals surface area contributed by atoms with Crippen LogP contribution in [0.4, 0.5) is 0 Å². The lowest BCUT2D eigenvalue weighted by atomic mass is 10.0. The molecule has 1 atom stereocenters. The molecule has 1 aliphatic rings. The molecule has 1 aromatic rings. The Balaban J connectivity index is 2.18. The summed E-state index contributed by atoms with van der Waals surface area (Å²) in [4.78, 5) is 12.4. The van der Waals surface area contributed by atoms with Gasteiger partial charge >= 0.3 is 0 Å². The Bertz CT molecular complexity index is 447. The number of carbonyl (C=O) groups excluding carboxylic acids is 1. The van der Waals surface area contributed by atoms with E-state index in [1.54, 1.807) is 0 Å². The van der Waals surface area contributed by atoms with Crippen molar-refractivity contribution < 1.29 is 4.79 Å². The third-order valence-corrected chi connectivity index (χ3v) is 3.82. The Morgan fingerprint density at radius 2 is 2.33 bits per heavy atom. The molecule has 0 aromatic carbocycles. The lowest BCUT2D eigenvalue weighted by molar-refractivity contribution is 0.0902. The van der Waals surface area contributed by atoms with Gasteiger partial charge in [0.2, 0.25) is 0 Å². The maximum absolute atomic E-state index is 12.4. The van der Waals surface area contributed by atoms with Crippen molar-refractivity contribution in [3.8, 4) is 0 Å². The van der Waals surface area contributed by atoms with E-state index in [9.17, 15) is 4.79 Å². The van der Waals surface area contributed by atoms with Gasteiger partial charge in [-0.2, -0.15) is 0 Å². The standard InChI is InChI=1S/C13H20BrN3O/c1-9(2)17-7-10(14)6-11(17)12(18)16-13(3)4-5-15-8-13/h6-7,9,15H,4-5,8H2,1-3H3,(H,16,18). The van der Waals surface area contributed by atoms with Gasteiger partial charge in [-0.1, -0.05) is 0 Å². The van der Waals surface area contributed by atoms with Crippen LogP contribution < -0.4 is 10.6 Å². The van der Waals surface area contributed by atoms with Crippen LogP contribution in [0.2, 0.25) is 0 Å². The fourth-order valence-electron chi connectivity index (χ4n) is 2.32. The van der Waals surface area contributed by atoms with Crippen LogP contribution in [0, 0.1) is 0 Å². The Hall–Kier alpha value is -0.810. The minimum absolute atomic E-state index is 0.000556. The van der Waals surface area contributed by atoms with E-state index in [4.69, 9.17) is 0 Å². The van der Waals surface area contributed by atoms with Crippen LogP contribution in [0.1, 0.15) is 43.7 Å². The van der Waals surface area contributed by atoms with Crippen molar-refractivity contribution in [1.29, 1.82) is 0 Å². The van der Waals surface area contributed by atoms with E-state index in [-0.39, 0.29) is 17.5 Å². The number of aromatic nitrogens is 1. The Morgan fingerprint density at radius 1 is 1.61 bits per heavy atom. The molecule has 4 nitrogen and oxygen atoms in total. The summed E-state index contributed by atoms with van der Waals surface area (Å²) in [6.45, 7) is 8.03. The van der Waals surface area contributed by atoms with E-state index >= 15 is 0 Å². The molecule has 2 rings (SSSR count). The van der Waals surface area contributed by atoms with Crippen LogP contribution in [-0.2, 0) is 0 Å². The number of halogens is 1. The third-order valence-electron chi connectivity index (χ3n) is 3.39. The van der Waals surface area contributed by atoms with E-state index < -0.39 is 0 Å². The van der Waals surface area contributed by atoms with Gasteiger partial charge in [0.1, 0.15) is 5.69 Å². The number of amides is 1. The van der Waals surface area contributed by atoms with Crippen molar-refractivity contribution in [2.45, 2.75) is 38.8 Å². The average Bonchev–Trinajstić information content (AvgIpc) is 2.85. The second kappa shape index (κ2) is 5.05. The molecule has 0 saturated carbocycles. The highest BCUT2D eigenvalue weighted by molar-refractivity contribution is 9.10. The smallest absolute Gasteiger partial charge is 0.268 e. The average molecular weight is 314 g/mol. The summed E-state index contributed by atoms with van der Waals surface area (Å²) in [5, 5.41) is 6.42. The van der Waals surface area contributed by atoms with E-state index in [0.717, 1.165) is 24.0 Å². The lowest BCUT2D eigenvalue weighted by Crippen LogP contribution is -2.48. The molecule has 1 amide bonds. The Morgan fingerprint density at radius 3 is 2.89 bits per heavy atom. The second-order valence-corrected chi connectivity index (χ2v) is 6.40. The first-order chi connectivity index (χ1) is 8.41. The normalized spacial score (nSPS) is 23.6. The molecule has 2 N–H and O–H groups in total. The highest BCUT2D eigenvalue weighted by Gasteiger charge is 2.31.